The Morgan fingerprint density at radius 2 is 1.95 bits per heavy atom. The molecule has 1 aliphatic rings. The van der Waals surface area contributed by atoms with Gasteiger partial charge >= 0.3 is 0 Å². The number of hydrogen-bond acceptors (Lipinski definition) is 3. The molecule has 0 aliphatic carbocycles. The second kappa shape index (κ2) is 4.90. The van der Waals surface area contributed by atoms with Gasteiger partial charge in [-0.25, -0.2) is 0 Å². The van der Waals surface area contributed by atoms with E-state index in [1.54, 1.807) is 0 Å². The Kier molecular flexibility index (Phi) is 2.89. The molecular formula is C17H17N3O. The van der Waals surface area contributed by atoms with E-state index in [0.717, 1.165) is 16.7 Å². The normalized spacial score (nSPS) is 21.0. The molecule has 0 radical (unpaired) electrons. The summed E-state index contributed by atoms with van der Waals surface area (Å²) in [4.78, 5) is 0. The van der Waals surface area contributed by atoms with Crippen molar-refractivity contribution in [2.75, 3.05) is 13.7 Å². The van der Waals surface area contributed by atoms with Crippen molar-refractivity contribution in [2.45, 2.75) is 12.1 Å². The Labute approximate surface area is 123 Å². The highest BCUT2D eigenvalue weighted by Gasteiger charge is 2.32. The third-order valence-corrected chi connectivity index (χ3v) is 4.18. The average molecular weight is 279 g/mol. The number of ether oxygens (including phenoxy) is 1. The molecule has 4 rings (SSSR count). The summed E-state index contributed by atoms with van der Waals surface area (Å²) in [5, 5.41) is 9.17. The van der Waals surface area contributed by atoms with E-state index in [1.165, 1.54) is 5.56 Å². The summed E-state index contributed by atoms with van der Waals surface area (Å²) < 4.78 is 8.02. The van der Waals surface area contributed by atoms with Crippen molar-refractivity contribution in [3.05, 3.63) is 60.3 Å². The second-order valence-electron chi connectivity index (χ2n) is 5.33. The van der Waals surface area contributed by atoms with Crippen LogP contribution in [-0.2, 0) is 0 Å². The summed E-state index contributed by atoms with van der Waals surface area (Å²) in [6.07, 6.45) is 1.92. The number of nitrogens with zero attached hydrogens (tertiary/aromatic N) is 2. The van der Waals surface area contributed by atoms with Gasteiger partial charge in [0.05, 0.1) is 17.8 Å². The molecule has 0 amide bonds. The molecule has 0 bridgehead atoms. The number of likely N-dealkylation sites (N-methyl/N-ethyl adjacent to an activating group) is 1. The predicted molar refractivity (Wildman–Crippen MR) is 82.5 cm³/mol. The van der Waals surface area contributed by atoms with Crippen LogP contribution in [0.2, 0.25) is 0 Å². The Morgan fingerprint density at radius 3 is 2.86 bits per heavy atom. The maximum absolute atomic E-state index is 5.94. The van der Waals surface area contributed by atoms with Gasteiger partial charge in [0.25, 0.3) is 0 Å². The molecule has 4 heteroatoms. The van der Waals surface area contributed by atoms with Crippen molar-refractivity contribution in [3.8, 4) is 5.75 Å². The molecule has 21 heavy (non-hydrogen) atoms. The van der Waals surface area contributed by atoms with E-state index in [4.69, 9.17) is 4.74 Å². The summed E-state index contributed by atoms with van der Waals surface area (Å²) in [6, 6.07) is 16.8. The van der Waals surface area contributed by atoms with Gasteiger partial charge in [-0.3, -0.25) is 4.68 Å². The van der Waals surface area contributed by atoms with Crippen LogP contribution in [0.15, 0.2) is 54.7 Å². The maximum Gasteiger partial charge on any atom is 0.124 e. The van der Waals surface area contributed by atoms with Crippen LogP contribution in [0.4, 0.5) is 0 Å². The third kappa shape index (κ3) is 1.91. The first-order chi connectivity index (χ1) is 10.4. The zero-order chi connectivity index (χ0) is 14.2. The molecule has 4 nitrogen and oxygen atoms in total. The third-order valence-electron chi connectivity index (χ3n) is 4.18. The fraction of sp³-hybridized carbons (Fsp3) is 0.235. The highest BCUT2D eigenvalue weighted by molar-refractivity contribution is 5.78. The van der Waals surface area contributed by atoms with Crippen molar-refractivity contribution in [3.63, 3.8) is 0 Å². The Balaban J connectivity index is 1.82. The van der Waals surface area contributed by atoms with Crippen LogP contribution in [0.25, 0.3) is 10.9 Å². The predicted octanol–water partition coefficient (Wildman–Crippen LogP) is 2.93. The minimum absolute atomic E-state index is 0.143. The van der Waals surface area contributed by atoms with Crippen LogP contribution in [0, 0.1) is 0 Å². The second-order valence-corrected chi connectivity index (χ2v) is 5.33. The van der Waals surface area contributed by atoms with Gasteiger partial charge in [0.1, 0.15) is 18.4 Å². The minimum atomic E-state index is 0.143. The molecule has 1 aliphatic heterocycles. The molecule has 1 aromatic heterocycles. The fourth-order valence-electron chi connectivity index (χ4n) is 3.16. The SMILES string of the molecule is CNC1c2ccccc2OCC1n1ncc2ccccc21. The summed E-state index contributed by atoms with van der Waals surface area (Å²) in [5.41, 5.74) is 2.33. The lowest BCUT2D eigenvalue weighted by Gasteiger charge is -2.33. The van der Waals surface area contributed by atoms with Gasteiger partial charge in [-0.05, 0) is 19.2 Å². The molecular weight excluding hydrogens is 262 g/mol. The largest absolute Gasteiger partial charge is 0.491 e. The molecule has 3 aromatic rings. The summed E-state index contributed by atoms with van der Waals surface area (Å²) in [7, 11) is 1.99. The molecule has 2 atom stereocenters. The standard InChI is InChI=1S/C17H17N3O/c1-18-17-13-7-3-5-9-16(13)21-11-15(17)20-14-8-4-2-6-12(14)10-19-20/h2-10,15,17-18H,11H2,1H3. The Hall–Kier alpha value is -2.33. The lowest BCUT2D eigenvalue weighted by molar-refractivity contribution is 0.177. The van der Waals surface area contributed by atoms with Crippen molar-refractivity contribution < 1.29 is 4.74 Å². The van der Waals surface area contributed by atoms with E-state index in [0.29, 0.717) is 6.61 Å². The average Bonchev–Trinajstić information content (AvgIpc) is 2.97. The molecule has 0 fully saturated rings. The van der Waals surface area contributed by atoms with Gasteiger partial charge in [0.15, 0.2) is 0 Å². The summed E-state index contributed by atoms with van der Waals surface area (Å²) in [5.74, 6) is 0.963. The highest BCUT2D eigenvalue weighted by atomic mass is 16.5. The fourth-order valence-corrected chi connectivity index (χ4v) is 3.16. The molecule has 2 heterocycles. The van der Waals surface area contributed by atoms with Gasteiger partial charge in [-0.1, -0.05) is 36.4 Å². The van der Waals surface area contributed by atoms with E-state index < -0.39 is 0 Å². The van der Waals surface area contributed by atoms with Crippen molar-refractivity contribution >= 4 is 10.9 Å². The number of fused-ring (bicyclic) bond motifs is 2. The van der Waals surface area contributed by atoms with Gasteiger partial charge in [-0.2, -0.15) is 5.10 Å². The van der Waals surface area contributed by atoms with Crippen LogP contribution >= 0.6 is 0 Å². The van der Waals surface area contributed by atoms with Gasteiger partial charge in [0.2, 0.25) is 0 Å². The number of rotatable bonds is 2. The summed E-state index contributed by atoms with van der Waals surface area (Å²) in [6.45, 7) is 0.619. The van der Waals surface area contributed by atoms with Crippen LogP contribution in [0.1, 0.15) is 17.6 Å². The van der Waals surface area contributed by atoms with Crippen LogP contribution in [0.3, 0.4) is 0 Å². The van der Waals surface area contributed by atoms with Crippen molar-refractivity contribution in [2.24, 2.45) is 0 Å². The summed E-state index contributed by atoms with van der Waals surface area (Å²) >= 11 is 0. The number of benzene rings is 2. The lowest BCUT2D eigenvalue weighted by Crippen LogP contribution is -2.35. The van der Waals surface area contributed by atoms with Crippen LogP contribution in [-0.4, -0.2) is 23.4 Å². The van der Waals surface area contributed by atoms with E-state index >= 15 is 0 Å². The molecule has 0 saturated heterocycles. The first kappa shape index (κ1) is 12.4. The lowest BCUT2D eigenvalue weighted by atomic mass is 9.96. The smallest absolute Gasteiger partial charge is 0.124 e. The molecule has 0 spiro atoms. The zero-order valence-corrected chi connectivity index (χ0v) is 11.9. The van der Waals surface area contributed by atoms with E-state index in [9.17, 15) is 0 Å². The van der Waals surface area contributed by atoms with Gasteiger partial charge in [-0.15, -0.1) is 0 Å². The van der Waals surface area contributed by atoms with Gasteiger partial charge < -0.3 is 10.1 Å². The molecule has 2 aromatic carbocycles. The van der Waals surface area contributed by atoms with E-state index in [2.05, 4.69) is 39.4 Å². The topological polar surface area (TPSA) is 39.1 Å². The number of nitrogens with one attached hydrogen (secondary N) is 1. The van der Waals surface area contributed by atoms with Crippen LogP contribution in [0.5, 0.6) is 5.75 Å². The van der Waals surface area contributed by atoms with E-state index in [-0.39, 0.29) is 12.1 Å². The Morgan fingerprint density at radius 1 is 1.14 bits per heavy atom. The molecule has 2 unspecified atom stereocenters. The Bertz CT molecular complexity index is 780. The molecule has 106 valence electrons. The van der Waals surface area contributed by atoms with Crippen LogP contribution < -0.4 is 10.1 Å². The van der Waals surface area contributed by atoms with E-state index in [1.807, 2.05) is 37.5 Å². The monoisotopic (exact) mass is 279 g/mol. The minimum Gasteiger partial charge on any atom is -0.491 e. The quantitative estimate of drug-likeness (QED) is 0.784. The number of para-hydroxylation sites is 2. The van der Waals surface area contributed by atoms with Gasteiger partial charge in [0, 0.05) is 10.9 Å². The van der Waals surface area contributed by atoms with Crippen molar-refractivity contribution in [1.82, 2.24) is 15.1 Å². The first-order valence-electron chi connectivity index (χ1n) is 7.20. The number of aromatic nitrogens is 2. The molecule has 1 N–H and O–H groups in total. The first-order valence-corrected chi connectivity index (χ1v) is 7.20. The maximum atomic E-state index is 5.94. The molecule has 0 saturated carbocycles. The zero-order valence-electron chi connectivity index (χ0n) is 11.9. The highest BCUT2D eigenvalue weighted by Crippen LogP contribution is 2.38. The van der Waals surface area contributed by atoms with Crippen molar-refractivity contribution in [1.29, 1.82) is 0 Å². The number of hydrogen-bond donors (Lipinski definition) is 1.